The Kier molecular flexibility index (Phi) is 21.8. The number of aryl methyl sites for hydroxylation is 1. The van der Waals surface area contributed by atoms with Crippen LogP contribution in [0, 0.1) is 35.0 Å². The van der Waals surface area contributed by atoms with Gasteiger partial charge in [0.2, 0.25) is 35.4 Å². The topological polar surface area (TPSA) is 275 Å². The van der Waals surface area contributed by atoms with Crippen molar-refractivity contribution in [1.29, 1.82) is 0 Å². The van der Waals surface area contributed by atoms with Crippen LogP contribution in [0.1, 0.15) is 31.4 Å². The molecule has 362 valence electrons. The van der Waals surface area contributed by atoms with E-state index in [4.69, 9.17) is 40.6 Å². The van der Waals surface area contributed by atoms with Crippen molar-refractivity contribution >= 4 is 35.0 Å². The summed E-state index contributed by atoms with van der Waals surface area (Å²) in [5.41, 5.74) is 1.41. The van der Waals surface area contributed by atoms with Crippen LogP contribution < -0.4 is 20.1 Å². The number of halogens is 5. The molecule has 0 aliphatic carbocycles. The van der Waals surface area contributed by atoms with E-state index in [1.165, 1.54) is 12.1 Å². The van der Waals surface area contributed by atoms with Gasteiger partial charge in [-0.1, -0.05) is 5.21 Å². The molecule has 2 heterocycles. The van der Waals surface area contributed by atoms with Crippen molar-refractivity contribution < 1.29 is 95.3 Å². The van der Waals surface area contributed by atoms with Crippen molar-refractivity contribution in [2.24, 2.45) is 5.92 Å². The van der Waals surface area contributed by atoms with Gasteiger partial charge < -0.3 is 74.4 Å². The van der Waals surface area contributed by atoms with Crippen LogP contribution in [0.3, 0.4) is 0 Å². The molecule has 1 unspecified atom stereocenters. The van der Waals surface area contributed by atoms with Crippen LogP contribution in [0.25, 0.3) is 0 Å². The molecule has 6 atom stereocenters. The Morgan fingerprint density at radius 3 is 1.95 bits per heavy atom. The Morgan fingerprint density at radius 1 is 0.785 bits per heavy atom. The highest BCUT2D eigenvalue weighted by atomic mass is 32.1. The summed E-state index contributed by atoms with van der Waals surface area (Å²) >= 11 is 5.37. The highest BCUT2D eigenvalue weighted by Gasteiger charge is 2.47. The fourth-order valence-electron chi connectivity index (χ4n) is 5.86. The third-order valence-electron chi connectivity index (χ3n) is 9.34. The van der Waals surface area contributed by atoms with Gasteiger partial charge in [0.15, 0.2) is 23.1 Å². The first kappa shape index (κ1) is 52.7. The molecular formula is C39H50F5N5O15S. The molecule has 0 radical (unpaired) electrons. The number of benzene rings is 2. The van der Waals surface area contributed by atoms with Crippen molar-refractivity contribution in [2.75, 3.05) is 64.7 Å². The number of carboxylic acid groups (broad SMARTS) is 2. The molecule has 0 amide bonds. The van der Waals surface area contributed by atoms with E-state index in [1.54, 1.807) is 16.8 Å². The average Bonchev–Trinajstić information content (AvgIpc) is 3.73. The number of nitrogens with zero attached hydrogens (tertiary/aromatic N) is 3. The Bertz CT molecular complexity index is 1930. The van der Waals surface area contributed by atoms with Gasteiger partial charge in [0.05, 0.1) is 71.2 Å². The van der Waals surface area contributed by atoms with Crippen LogP contribution in [0.15, 0.2) is 30.5 Å². The molecule has 1 aliphatic rings. The Balaban J connectivity index is 0.970. The highest BCUT2D eigenvalue weighted by Crippen LogP contribution is 2.31. The zero-order valence-corrected chi connectivity index (χ0v) is 35.3. The Morgan fingerprint density at radius 2 is 1.35 bits per heavy atom. The maximum atomic E-state index is 13.6. The number of aromatic nitrogens is 3. The van der Waals surface area contributed by atoms with Crippen LogP contribution in [-0.2, 0) is 46.2 Å². The number of thiocarbonyl (C=S) groups is 1. The number of anilines is 1. The maximum Gasteiger partial charge on any atom is 0.317 e. The van der Waals surface area contributed by atoms with Crippen molar-refractivity contribution in [3.63, 3.8) is 0 Å². The average molecular weight is 956 g/mol. The Hall–Kier alpha value is -4.90. The maximum absolute atomic E-state index is 13.6. The molecule has 0 spiro atoms. The lowest BCUT2D eigenvalue weighted by atomic mass is 9.91. The third kappa shape index (κ3) is 16.8. The number of unbranched alkanes of at least 4 members (excludes halogenated alkanes) is 1. The van der Waals surface area contributed by atoms with E-state index in [0.29, 0.717) is 50.1 Å². The number of hydrogen-bond acceptors (Lipinski definition) is 16. The second kappa shape index (κ2) is 26.9. The van der Waals surface area contributed by atoms with Gasteiger partial charge in [-0.25, -0.2) is 17.9 Å². The minimum absolute atomic E-state index is 0.0886. The monoisotopic (exact) mass is 955 g/mol. The van der Waals surface area contributed by atoms with E-state index in [0.717, 1.165) is 18.5 Å². The second-order valence-corrected chi connectivity index (χ2v) is 14.6. The molecule has 3 aromatic rings. The molecular weight excluding hydrogens is 906 g/mol. The lowest BCUT2D eigenvalue weighted by Crippen LogP contribution is -2.59. The van der Waals surface area contributed by atoms with E-state index in [2.05, 4.69) is 25.7 Å². The summed E-state index contributed by atoms with van der Waals surface area (Å²) in [6.45, 7) is 2.72. The van der Waals surface area contributed by atoms with Gasteiger partial charge in [-0.05, 0) is 55.7 Å². The lowest BCUT2D eigenvalue weighted by molar-refractivity contribution is -0.275. The molecule has 1 aliphatic heterocycles. The number of carboxylic acids is 2. The summed E-state index contributed by atoms with van der Waals surface area (Å²) in [6, 6.07) is 6.26. The number of ether oxygens (including phenoxy) is 7. The number of nitrogens with one attached hydrogen (secondary N) is 2. The van der Waals surface area contributed by atoms with E-state index < -0.39 is 96.1 Å². The van der Waals surface area contributed by atoms with Gasteiger partial charge >= 0.3 is 11.9 Å². The fraction of sp³-hybridized carbons (Fsp3) is 0.564. The molecule has 26 heteroatoms. The van der Waals surface area contributed by atoms with Gasteiger partial charge in [0.1, 0.15) is 24.1 Å². The standard InChI is InChI=1S/C39H50F5N5O15S/c40-27-28(41)30(43)35(31(44)29(27)42)64-26(50)8-11-58-13-15-60-17-18-61-16-14-59-12-10-49-20-22(47-48-49)3-1-2-9-45-39(65)46-21-4-6-23(7-5-21)62-38-34(53)33(52)32(51)25(63-38)19-24(36(54)55)37(56)57/h4-7,20,24-26,32-34,38,50-53H,1-3,8-19H2,(H,54,55)(H,56,57)(H2,45,46,65)/t25-,26?,32-,33+,34+,38+/m1/s1. The van der Waals surface area contributed by atoms with Crippen LogP contribution in [0.5, 0.6) is 11.5 Å². The number of hydrogen-bond donors (Lipinski definition) is 8. The minimum Gasteiger partial charge on any atom is -0.481 e. The minimum atomic E-state index is -2.34. The summed E-state index contributed by atoms with van der Waals surface area (Å²) in [4.78, 5) is 22.6. The number of rotatable bonds is 29. The van der Waals surface area contributed by atoms with Gasteiger partial charge in [0, 0.05) is 31.3 Å². The molecule has 1 saturated heterocycles. The molecule has 1 aromatic heterocycles. The number of carbonyl (C=O) groups is 2. The van der Waals surface area contributed by atoms with Crippen molar-refractivity contribution in [3.05, 3.63) is 65.2 Å². The smallest absolute Gasteiger partial charge is 0.317 e. The third-order valence-corrected chi connectivity index (χ3v) is 9.59. The zero-order valence-electron chi connectivity index (χ0n) is 34.5. The van der Waals surface area contributed by atoms with Gasteiger partial charge in [0.25, 0.3) is 0 Å². The lowest BCUT2D eigenvalue weighted by Gasteiger charge is -2.40. The molecule has 0 saturated carbocycles. The van der Waals surface area contributed by atoms with Gasteiger partial charge in [-0.15, -0.1) is 5.10 Å². The highest BCUT2D eigenvalue weighted by molar-refractivity contribution is 7.80. The van der Waals surface area contributed by atoms with Crippen LogP contribution in [0.4, 0.5) is 27.6 Å². The first-order valence-corrected chi connectivity index (χ1v) is 20.5. The summed E-state index contributed by atoms with van der Waals surface area (Å²) in [5.74, 6) is -17.7. The fourth-order valence-corrected chi connectivity index (χ4v) is 6.08. The predicted molar refractivity (Wildman–Crippen MR) is 215 cm³/mol. The van der Waals surface area contributed by atoms with E-state index >= 15 is 0 Å². The zero-order chi connectivity index (χ0) is 47.5. The molecule has 4 rings (SSSR count). The molecule has 2 aromatic carbocycles. The molecule has 65 heavy (non-hydrogen) atoms. The van der Waals surface area contributed by atoms with Gasteiger partial charge in [-0.2, -0.15) is 8.78 Å². The van der Waals surface area contributed by atoms with Crippen LogP contribution in [-0.4, -0.2) is 159 Å². The van der Waals surface area contributed by atoms with Crippen LogP contribution >= 0.6 is 12.2 Å². The molecule has 1 fully saturated rings. The summed E-state index contributed by atoms with van der Waals surface area (Å²) in [6.07, 6.45) is -7.01. The second-order valence-electron chi connectivity index (χ2n) is 14.1. The first-order valence-electron chi connectivity index (χ1n) is 20.1. The molecule has 20 nitrogen and oxygen atoms in total. The molecule has 0 bridgehead atoms. The number of aliphatic hydroxyl groups excluding tert-OH is 4. The van der Waals surface area contributed by atoms with Gasteiger partial charge in [-0.3, -0.25) is 9.59 Å². The van der Waals surface area contributed by atoms with Crippen molar-refractivity contribution in [2.45, 2.75) is 75.6 Å². The Labute approximate surface area is 373 Å². The van der Waals surface area contributed by atoms with Crippen LogP contribution in [0.2, 0.25) is 0 Å². The summed E-state index contributed by atoms with van der Waals surface area (Å²) in [5, 5.41) is 73.7. The number of aliphatic hydroxyl groups is 4. The first-order chi connectivity index (χ1) is 31.1. The predicted octanol–water partition coefficient (Wildman–Crippen LogP) is 1.50. The van der Waals surface area contributed by atoms with Crippen molar-refractivity contribution in [1.82, 2.24) is 20.3 Å². The number of aliphatic carboxylic acids is 2. The SMILES string of the molecule is O=C(O)C(C[C@H]1O[C@H](Oc2ccc(NC(=S)NCCCCc3cn(CCOCCOCCOCCOCCC(O)Oc4c(F)c(F)c(F)c(F)c4F)nn3)cc2)[C@@H](O)[C@@H](O)[C@@H]1O)C(=O)O. The van der Waals surface area contributed by atoms with Crippen molar-refractivity contribution in [3.8, 4) is 11.5 Å². The van der Waals surface area contributed by atoms with E-state index in [1.807, 2.05) is 6.20 Å². The largest absolute Gasteiger partial charge is 0.481 e. The molecule has 8 N–H and O–H groups in total. The normalized spacial score (nSPS) is 19.0. The summed E-state index contributed by atoms with van der Waals surface area (Å²) in [7, 11) is 0. The summed E-state index contributed by atoms with van der Waals surface area (Å²) < 4.78 is 106. The van der Waals surface area contributed by atoms with E-state index in [9.17, 15) is 62.2 Å². The van der Waals surface area contributed by atoms with E-state index in [-0.39, 0.29) is 45.2 Å². The quantitative estimate of drug-likeness (QED) is 0.00931.